The van der Waals surface area contributed by atoms with Gasteiger partial charge >= 0.3 is 0 Å². The first-order valence-electron chi connectivity index (χ1n) is 12.0. The standard InChI is InChI=1S/C28H27BrN4O3S/c1-2-3-6-17-36-23-15-9-20(10-16-23)18-30-32-26(34)19-37-28-31-25-8-5-4-7-24(25)27(35)33(28)22-13-11-21(29)12-14-22/h4-5,7-16,18H,2-3,6,17,19H2,1H3,(H,32,34)/b30-18+. The van der Waals surface area contributed by atoms with Crippen molar-refractivity contribution in [2.75, 3.05) is 12.4 Å². The third-order valence-electron chi connectivity index (χ3n) is 5.46. The summed E-state index contributed by atoms with van der Waals surface area (Å²) in [5, 5.41) is 5.00. The second kappa shape index (κ2) is 13.2. The van der Waals surface area contributed by atoms with Crippen molar-refractivity contribution >= 4 is 50.7 Å². The van der Waals surface area contributed by atoms with E-state index in [1.165, 1.54) is 16.3 Å². The minimum atomic E-state index is -0.304. The average Bonchev–Trinajstić information content (AvgIpc) is 2.92. The molecule has 0 aliphatic carbocycles. The van der Waals surface area contributed by atoms with Crippen LogP contribution in [0.4, 0.5) is 0 Å². The van der Waals surface area contributed by atoms with Gasteiger partial charge in [0.25, 0.3) is 11.5 Å². The SMILES string of the molecule is CCCCCOc1ccc(/C=N/NC(=O)CSc2nc3ccccc3c(=O)n2-c2ccc(Br)cc2)cc1. The first-order valence-corrected chi connectivity index (χ1v) is 13.8. The highest BCUT2D eigenvalue weighted by Gasteiger charge is 2.14. The van der Waals surface area contributed by atoms with E-state index >= 15 is 0 Å². The van der Waals surface area contributed by atoms with Crippen LogP contribution in [0, 0.1) is 0 Å². The van der Waals surface area contributed by atoms with Gasteiger partial charge in [-0.3, -0.25) is 14.2 Å². The zero-order valence-electron chi connectivity index (χ0n) is 20.4. The molecule has 1 aromatic heterocycles. The van der Waals surface area contributed by atoms with Gasteiger partial charge in [0, 0.05) is 4.47 Å². The lowest BCUT2D eigenvalue weighted by atomic mass is 10.2. The Morgan fingerprint density at radius 2 is 1.84 bits per heavy atom. The van der Waals surface area contributed by atoms with Crippen LogP contribution in [0.5, 0.6) is 5.75 Å². The van der Waals surface area contributed by atoms with Gasteiger partial charge < -0.3 is 4.74 Å². The predicted octanol–water partition coefficient (Wildman–Crippen LogP) is 5.96. The Labute approximate surface area is 228 Å². The van der Waals surface area contributed by atoms with Crippen LogP contribution in [0.3, 0.4) is 0 Å². The number of benzene rings is 3. The summed E-state index contributed by atoms with van der Waals surface area (Å²) in [5.41, 5.74) is 4.45. The molecule has 0 fully saturated rings. The minimum Gasteiger partial charge on any atom is -0.494 e. The maximum Gasteiger partial charge on any atom is 0.266 e. The lowest BCUT2D eigenvalue weighted by Crippen LogP contribution is -2.24. The molecule has 1 amide bonds. The highest BCUT2D eigenvalue weighted by Crippen LogP contribution is 2.22. The summed E-state index contributed by atoms with van der Waals surface area (Å²) in [4.78, 5) is 30.4. The number of rotatable bonds is 11. The molecule has 3 aromatic carbocycles. The minimum absolute atomic E-state index is 0.0448. The number of fused-ring (bicyclic) bond motifs is 1. The molecule has 4 rings (SSSR count). The Morgan fingerprint density at radius 1 is 1.08 bits per heavy atom. The smallest absolute Gasteiger partial charge is 0.266 e. The summed E-state index contributed by atoms with van der Waals surface area (Å²) < 4.78 is 8.14. The largest absolute Gasteiger partial charge is 0.494 e. The first kappa shape index (κ1) is 26.6. The van der Waals surface area contributed by atoms with Crippen LogP contribution in [-0.4, -0.2) is 34.0 Å². The van der Waals surface area contributed by atoms with E-state index < -0.39 is 0 Å². The zero-order valence-corrected chi connectivity index (χ0v) is 22.8. The molecule has 0 saturated heterocycles. The van der Waals surface area contributed by atoms with Crippen molar-refractivity contribution in [2.24, 2.45) is 5.10 Å². The molecule has 0 spiro atoms. The number of hydrazone groups is 1. The van der Waals surface area contributed by atoms with Gasteiger partial charge in [-0.15, -0.1) is 0 Å². The molecule has 0 aliphatic rings. The number of ether oxygens (including phenoxy) is 1. The number of thioether (sulfide) groups is 1. The molecule has 190 valence electrons. The molecule has 0 saturated carbocycles. The second-order valence-electron chi connectivity index (χ2n) is 8.23. The van der Waals surface area contributed by atoms with Crippen molar-refractivity contribution in [3.8, 4) is 11.4 Å². The maximum absolute atomic E-state index is 13.3. The first-order chi connectivity index (χ1) is 18.0. The van der Waals surface area contributed by atoms with Crippen molar-refractivity contribution in [3.63, 3.8) is 0 Å². The maximum atomic E-state index is 13.3. The number of carbonyl (C=O) groups is 1. The summed E-state index contributed by atoms with van der Waals surface area (Å²) in [5.74, 6) is 0.554. The topological polar surface area (TPSA) is 85.6 Å². The molecule has 7 nitrogen and oxygen atoms in total. The number of carbonyl (C=O) groups excluding carboxylic acids is 1. The molecule has 0 unspecified atom stereocenters. The molecular formula is C28H27BrN4O3S. The molecule has 0 radical (unpaired) electrons. The van der Waals surface area contributed by atoms with E-state index in [2.05, 4.69) is 38.4 Å². The molecule has 1 N–H and O–H groups in total. The van der Waals surface area contributed by atoms with Crippen molar-refractivity contribution in [1.29, 1.82) is 0 Å². The van der Waals surface area contributed by atoms with Crippen LogP contribution in [0.15, 0.2) is 92.3 Å². The van der Waals surface area contributed by atoms with Gasteiger partial charge in [0.1, 0.15) is 5.75 Å². The summed E-state index contributed by atoms with van der Waals surface area (Å²) in [6.07, 6.45) is 4.93. The van der Waals surface area contributed by atoms with E-state index in [0.717, 1.165) is 35.0 Å². The fourth-order valence-corrected chi connectivity index (χ4v) is 4.63. The van der Waals surface area contributed by atoms with E-state index in [0.29, 0.717) is 28.4 Å². The van der Waals surface area contributed by atoms with Crippen LogP contribution in [0.25, 0.3) is 16.6 Å². The van der Waals surface area contributed by atoms with E-state index in [4.69, 9.17) is 4.74 Å². The zero-order chi connectivity index (χ0) is 26.0. The summed E-state index contributed by atoms with van der Waals surface area (Å²) in [6.45, 7) is 2.87. The number of unbranched alkanes of at least 4 members (excludes halogenated alkanes) is 2. The molecule has 0 aliphatic heterocycles. The number of para-hydroxylation sites is 1. The lowest BCUT2D eigenvalue weighted by Gasteiger charge is -2.13. The Morgan fingerprint density at radius 3 is 2.59 bits per heavy atom. The molecule has 37 heavy (non-hydrogen) atoms. The monoisotopic (exact) mass is 578 g/mol. The molecular weight excluding hydrogens is 552 g/mol. The third kappa shape index (κ3) is 7.30. The van der Waals surface area contributed by atoms with Crippen LogP contribution >= 0.6 is 27.7 Å². The Kier molecular flexibility index (Phi) is 9.51. The highest BCUT2D eigenvalue weighted by atomic mass is 79.9. The molecule has 9 heteroatoms. The van der Waals surface area contributed by atoms with Gasteiger partial charge in [-0.05, 0) is 72.6 Å². The van der Waals surface area contributed by atoms with Gasteiger partial charge in [-0.1, -0.05) is 59.6 Å². The Balaban J connectivity index is 1.40. The number of hydrogen-bond acceptors (Lipinski definition) is 6. The van der Waals surface area contributed by atoms with Crippen molar-refractivity contribution < 1.29 is 9.53 Å². The number of nitrogens with one attached hydrogen (secondary N) is 1. The molecule has 4 aromatic rings. The summed E-state index contributed by atoms with van der Waals surface area (Å²) in [6, 6.07) is 22.1. The van der Waals surface area contributed by atoms with Crippen LogP contribution in [-0.2, 0) is 4.79 Å². The summed E-state index contributed by atoms with van der Waals surface area (Å²) >= 11 is 4.60. The van der Waals surface area contributed by atoms with E-state index in [1.807, 2.05) is 60.7 Å². The average molecular weight is 580 g/mol. The van der Waals surface area contributed by atoms with Crippen molar-refractivity contribution in [1.82, 2.24) is 15.0 Å². The van der Waals surface area contributed by atoms with Gasteiger partial charge in [-0.25, -0.2) is 10.4 Å². The fourth-order valence-electron chi connectivity index (χ4n) is 3.56. The highest BCUT2D eigenvalue weighted by molar-refractivity contribution is 9.10. The predicted molar refractivity (Wildman–Crippen MR) is 153 cm³/mol. The number of halogens is 1. The quantitative estimate of drug-likeness (QED) is 0.0780. The van der Waals surface area contributed by atoms with Gasteiger partial charge in [-0.2, -0.15) is 5.10 Å². The van der Waals surface area contributed by atoms with Crippen molar-refractivity contribution in [3.05, 3.63) is 93.2 Å². The number of amides is 1. The lowest BCUT2D eigenvalue weighted by molar-refractivity contribution is -0.118. The molecule has 0 atom stereocenters. The second-order valence-corrected chi connectivity index (χ2v) is 10.1. The van der Waals surface area contributed by atoms with E-state index in [1.54, 1.807) is 18.3 Å². The number of aromatic nitrogens is 2. The molecule has 0 bridgehead atoms. The van der Waals surface area contributed by atoms with Crippen LogP contribution in [0.1, 0.15) is 31.7 Å². The number of hydrogen-bond donors (Lipinski definition) is 1. The Hall–Kier alpha value is -3.43. The number of nitrogens with zero attached hydrogens (tertiary/aromatic N) is 3. The van der Waals surface area contributed by atoms with Gasteiger partial charge in [0.05, 0.1) is 35.2 Å². The van der Waals surface area contributed by atoms with Gasteiger partial charge in [0.2, 0.25) is 0 Å². The van der Waals surface area contributed by atoms with E-state index in [9.17, 15) is 9.59 Å². The third-order valence-corrected chi connectivity index (χ3v) is 6.93. The van der Waals surface area contributed by atoms with E-state index in [-0.39, 0.29) is 17.2 Å². The van der Waals surface area contributed by atoms with Gasteiger partial charge in [0.15, 0.2) is 5.16 Å². The normalized spacial score (nSPS) is 11.2. The van der Waals surface area contributed by atoms with Crippen LogP contribution < -0.4 is 15.7 Å². The summed E-state index contributed by atoms with van der Waals surface area (Å²) in [7, 11) is 0. The fraction of sp³-hybridized carbons (Fsp3) is 0.214. The molecule has 1 heterocycles. The Bertz CT molecular complexity index is 1440. The van der Waals surface area contributed by atoms with Crippen LogP contribution in [0.2, 0.25) is 0 Å². The van der Waals surface area contributed by atoms with Crippen molar-refractivity contribution in [2.45, 2.75) is 31.3 Å².